The zero-order valence-electron chi connectivity index (χ0n) is 17.1. The second-order valence-electron chi connectivity index (χ2n) is 7.60. The highest BCUT2D eigenvalue weighted by atomic mass is 32.2. The van der Waals surface area contributed by atoms with Crippen molar-refractivity contribution in [3.8, 4) is 5.75 Å². The first-order chi connectivity index (χ1) is 13.5. The normalized spacial score (nSPS) is 12.8. The third kappa shape index (κ3) is 11.4. The second-order valence-corrected chi connectivity index (χ2v) is 9.22. The Bertz CT molecular complexity index is 625. The van der Waals surface area contributed by atoms with Crippen molar-refractivity contribution in [2.45, 2.75) is 88.9 Å². The number of hydrogen-bond donors (Lipinski definition) is 1. The van der Waals surface area contributed by atoms with Gasteiger partial charge in [0.25, 0.3) is 10.1 Å². The average Bonchev–Trinajstić information content (AvgIpc) is 2.66. The van der Waals surface area contributed by atoms with Crippen molar-refractivity contribution < 1.29 is 22.5 Å². The fraction of sp³-hybridized carbons (Fsp3) is 0.682. The molecular formula is C22H36O5S. The predicted molar refractivity (Wildman–Crippen MR) is 112 cm³/mol. The van der Waals surface area contributed by atoms with Gasteiger partial charge in [0.05, 0.1) is 11.5 Å². The van der Waals surface area contributed by atoms with Crippen molar-refractivity contribution in [2.75, 3.05) is 6.61 Å². The molecule has 0 aliphatic rings. The fourth-order valence-electron chi connectivity index (χ4n) is 3.14. The van der Waals surface area contributed by atoms with Gasteiger partial charge in [-0.05, 0) is 36.6 Å². The summed E-state index contributed by atoms with van der Waals surface area (Å²) in [5.41, 5.74) is 0. The summed E-state index contributed by atoms with van der Waals surface area (Å²) >= 11 is 0. The first-order valence-electron chi connectivity index (χ1n) is 10.6. The highest BCUT2D eigenvalue weighted by Crippen LogP contribution is 2.18. The van der Waals surface area contributed by atoms with Crippen molar-refractivity contribution in [3.05, 3.63) is 24.3 Å². The van der Waals surface area contributed by atoms with Crippen LogP contribution in [0.25, 0.3) is 0 Å². The minimum atomic E-state index is -3.73. The van der Waals surface area contributed by atoms with Crippen LogP contribution in [-0.4, -0.2) is 26.4 Å². The van der Waals surface area contributed by atoms with Crippen molar-refractivity contribution in [1.82, 2.24) is 0 Å². The molecule has 0 heterocycles. The fourth-order valence-corrected chi connectivity index (χ4v) is 4.08. The van der Waals surface area contributed by atoms with E-state index < -0.39 is 10.1 Å². The summed E-state index contributed by atoms with van der Waals surface area (Å²) in [6.07, 6.45) is 14.4. The van der Waals surface area contributed by atoms with Gasteiger partial charge in [-0.2, -0.15) is 8.42 Å². The molecule has 0 aromatic heterocycles. The van der Waals surface area contributed by atoms with Gasteiger partial charge in [-0.25, -0.2) is 0 Å². The molecule has 0 aliphatic carbocycles. The molecule has 1 aromatic carbocycles. The molecule has 1 rings (SSSR count). The average molecular weight is 413 g/mol. The molecule has 0 amide bonds. The molecule has 1 N–H and O–H groups in total. The van der Waals surface area contributed by atoms with Gasteiger partial charge in [-0.1, -0.05) is 71.1 Å². The SMILES string of the molecule is CC(CC=O)CCCCCCCCCCCCOS(=O)(=O)c1ccc(O)cc1. The van der Waals surface area contributed by atoms with E-state index in [0.717, 1.165) is 32.0 Å². The van der Waals surface area contributed by atoms with Gasteiger partial charge in [0.15, 0.2) is 0 Å². The summed E-state index contributed by atoms with van der Waals surface area (Å²) in [6.45, 7) is 2.34. The first kappa shape index (κ1) is 24.6. The molecule has 5 nitrogen and oxygen atoms in total. The van der Waals surface area contributed by atoms with Crippen LogP contribution < -0.4 is 0 Å². The third-order valence-electron chi connectivity index (χ3n) is 4.95. The molecule has 28 heavy (non-hydrogen) atoms. The molecule has 160 valence electrons. The van der Waals surface area contributed by atoms with E-state index in [4.69, 9.17) is 4.18 Å². The van der Waals surface area contributed by atoms with Crippen LogP contribution in [0, 0.1) is 5.92 Å². The minimum Gasteiger partial charge on any atom is -0.508 e. The number of rotatable bonds is 17. The molecule has 0 bridgehead atoms. The van der Waals surface area contributed by atoms with Gasteiger partial charge in [-0.3, -0.25) is 4.18 Å². The maximum absolute atomic E-state index is 12.0. The lowest BCUT2D eigenvalue weighted by Gasteiger charge is -2.07. The van der Waals surface area contributed by atoms with Gasteiger partial charge in [-0.15, -0.1) is 0 Å². The summed E-state index contributed by atoms with van der Waals surface area (Å²) in [4.78, 5) is 10.5. The van der Waals surface area contributed by atoms with Crippen molar-refractivity contribution in [1.29, 1.82) is 0 Å². The number of carbonyl (C=O) groups excluding carboxylic acids is 1. The summed E-state index contributed by atoms with van der Waals surface area (Å²) < 4.78 is 29.0. The highest BCUT2D eigenvalue weighted by molar-refractivity contribution is 7.86. The maximum Gasteiger partial charge on any atom is 0.296 e. The number of phenols is 1. The summed E-state index contributed by atoms with van der Waals surface area (Å²) in [5.74, 6) is 0.556. The van der Waals surface area contributed by atoms with Crippen LogP contribution in [-0.2, 0) is 19.1 Å². The molecule has 0 radical (unpaired) electrons. The van der Waals surface area contributed by atoms with Crippen molar-refractivity contribution >= 4 is 16.4 Å². The molecule has 0 saturated carbocycles. The Labute approximate surface area is 170 Å². The number of carbonyl (C=O) groups is 1. The van der Waals surface area contributed by atoms with Crippen LogP contribution in [0.1, 0.15) is 84.0 Å². The Morgan fingerprint density at radius 3 is 1.93 bits per heavy atom. The first-order valence-corrected chi connectivity index (χ1v) is 12.0. The zero-order valence-corrected chi connectivity index (χ0v) is 18.0. The topological polar surface area (TPSA) is 80.7 Å². The second kappa shape index (κ2) is 14.6. The molecule has 1 aromatic rings. The van der Waals surface area contributed by atoms with E-state index in [-0.39, 0.29) is 17.3 Å². The molecule has 1 atom stereocenters. The molecule has 6 heteroatoms. The number of phenolic OH excluding ortho intramolecular Hbond substituents is 1. The third-order valence-corrected chi connectivity index (χ3v) is 6.28. The molecule has 0 aliphatic heterocycles. The van der Waals surface area contributed by atoms with Crippen LogP contribution in [0.5, 0.6) is 5.75 Å². The van der Waals surface area contributed by atoms with Crippen molar-refractivity contribution in [2.24, 2.45) is 5.92 Å². The van der Waals surface area contributed by atoms with E-state index in [1.165, 1.54) is 69.2 Å². The Balaban J connectivity index is 1.93. The summed E-state index contributed by atoms with van der Waals surface area (Å²) in [6, 6.07) is 5.36. The van der Waals surface area contributed by atoms with Gasteiger partial charge in [0.2, 0.25) is 0 Å². The molecule has 0 saturated heterocycles. The van der Waals surface area contributed by atoms with E-state index in [1.807, 2.05) is 0 Å². The van der Waals surface area contributed by atoms with Gasteiger partial charge in [0, 0.05) is 6.42 Å². The van der Waals surface area contributed by atoms with Crippen LogP contribution in [0.4, 0.5) is 0 Å². The smallest absolute Gasteiger partial charge is 0.296 e. The number of hydrogen-bond acceptors (Lipinski definition) is 5. The molecular weight excluding hydrogens is 376 g/mol. The monoisotopic (exact) mass is 412 g/mol. The number of aromatic hydroxyl groups is 1. The zero-order chi connectivity index (χ0) is 20.7. The Morgan fingerprint density at radius 2 is 1.39 bits per heavy atom. The van der Waals surface area contributed by atoms with E-state index in [0.29, 0.717) is 12.3 Å². The lowest BCUT2D eigenvalue weighted by Crippen LogP contribution is -2.07. The quantitative estimate of drug-likeness (QED) is 0.204. The van der Waals surface area contributed by atoms with Gasteiger partial charge in [0.1, 0.15) is 12.0 Å². The van der Waals surface area contributed by atoms with Crippen LogP contribution in [0.15, 0.2) is 29.2 Å². The number of aldehydes is 1. The lowest BCUT2D eigenvalue weighted by atomic mass is 9.99. The molecule has 1 unspecified atom stereocenters. The van der Waals surface area contributed by atoms with Crippen molar-refractivity contribution in [3.63, 3.8) is 0 Å². The van der Waals surface area contributed by atoms with Crippen LogP contribution >= 0.6 is 0 Å². The Kier molecular flexibility index (Phi) is 12.8. The standard InChI is InChI=1S/C22H36O5S/c1-20(17-18-23)12-10-8-6-4-2-3-5-7-9-11-19-27-28(25,26)22-15-13-21(24)14-16-22/h13-16,18,20,24H,2-12,17,19H2,1H3. The maximum atomic E-state index is 12.0. The predicted octanol–water partition coefficient (Wildman–Crippen LogP) is 5.61. The largest absolute Gasteiger partial charge is 0.508 e. The van der Waals surface area contributed by atoms with Gasteiger partial charge < -0.3 is 9.90 Å². The minimum absolute atomic E-state index is 0.0307. The van der Waals surface area contributed by atoms with E-state index >= 15 is 0 Å². The number of unbranched alkanes of at least 4 members (excludes halogenated alkanes) is 9. The summed E-state index contributed by atoms with van der Waals surface area (Å²) in [7, 11) is -3.73. The Morgan fingerprint density at radius 1 is 0.893 bits per heavy atom. The van der Waals surface area contributed by atoms with E-state index in [9.17, 15) is 18.3 Å². The Hall–Kier alpha value is -1.40. The number of benzene rings is 1. The van der Waals surface area contributed by atoms with Gasteiger partial charge >= 0.3 is 0 Å². The lowest BCUT2D eigenvalue weighted by molar-refractivity contribution is -0.108. The highest BCUT2D eigenvalue weighted by Gasteiger charge is 2.14. The van der Waals surface area contributed by atoms with E-state index in [2.05, 4.69) is 6.92 Å². The molecule has 0 spiro atoms. The van der Waals surface area contributed by atoms with Crippen LogP contribution in [0.2, 0.25) is 0 Å². The molecule has 0 fully saturated rings. The summed E-state index contributed by atoms with van der Waals surface area (Å²) in [5, 5.41) is 9.20. The van der Waals surface area contributed by atoms with Crippen LogP contribution in [0.3, 0.4) is 0 Å². The van der Waals surface area contributed by atoms with E-state index in [1.54, 1.807) is 0 Å².